The molecule has 1 aliphatic rings. The summed E-state index contributed by atoms with van der Waals surface area (Å²) in [5.41, 5.74) is -0.794. The van der Waals surface area contributed by atoms with E-state index < -0.39 is 5.60 Å². The van der Waals surface area contributed by atoms with Gasteiger partial charge < -0.3 is 14.7 Å². The summed E-state index contributed by atoms with van der Waals surface area (Å²) in [5.74, 6) is -0.0176. The van der Waals surface area contributed by atoms with Crippen molar-refractivity contribution in [2.45, 2.75) is 51.2 Å². The summed E-state index contributed by atoms with van der Waals surface area (Å²) in [4.78, 5) is 14.1. The molecule has 1 fully saturated rings. The first-order valence-corrected chi connectivity index (χ1v) is 6.00. The molecule has 94 valence electrons. The molecule has 1 rings (SSSR count). The maximum atomic E-state index is 12.3. The van der Waals surface area contributed by atoms with Crippen LogP contribution >= 0.6 is 0 Å². The fraction of sp³-hybridized carbons (Fsp3) is 0.917. The minimum atomic E-state index is -0.794. The quantitative estimate of drug-likeness (QED) is 0.790. The lowest BCUT2D eigenvalue weighted by molar-refractivity contribution is -0.154. The summed E-state index contributed by atoms with van der Waals surface area (Å²) in [6, 6.07) is -0.0376. The minimum Gasteiger partial charge on any atom is -0.394 e. The number of carbonyl (C=O) groups excluding carboxylic acids is 1. The molecule has 4 nitrogen and oxygen atoms in total. The van der Waals surface area contributed by atoms with Crippen molar-refractivity contribution in [2.75, 3.05) is 20.3 Å². The van der Waals surface area contributed by atoms with E-state index in [4.69, 9.17) is 4.74 Å². The van der Waals surface area contributed by atoms with Gasteiger partial charge in [-0.05, 0) is 26.7 Å². The predicted molar refractivity (Wildman–Crippen MR) is 62.1 cm³/mol. The third-order valence-electron chi connectivity index (χ3n) is 3.37. The Kier molecular flexibility index (Phi) is 4.74. The molecule has 0 aromatic rings. The van der Waals surface area contributed by atoms with E-state index in [1.807, 2.05) is 0 Å². The Morgan fingerprint density at radius 1 is 1.44 bits per heavy atom. The van der Waals surface area contributed by atoms with Crippen LogP contribution < -0.4 is 0 Å². The molecule has 4 heteroatoms. The molecule has 0 aromatic heterocycles. The van der Waals surface area contributed by atoms with Crippen LogP contribution in [0.5, 0.6) is 0 Å². The highest BCUT2D eigenvalue weighted by Crippen LogP contribution is 2.21. The van der Waals surface area contributed by atoms with Gasteiger partial charge in [0.25, 0.3) is 5.91 Å². The number of aliphatic hydroxyl groups is 1. The highest BCUT2D eigenvalue weighted by molar-refractivity contribution is 5.84. The van der Waals surface area contributed by atoms with E-state index in [1.165, 1.54) is 0 Å². The number of nitrogens with zero attached hydrogens (tertiary/aromatic N) is 1. The number of likely N-dealkylation sites (tertiary alicyclic amines) is 1. The molecular formula is C12H23NO3. The smallest absolute Gasteiger partial charge is 0.254 e. The Hall–Kier alpha value is -0.610. The third-order valence-corrected chi connectivity index (χ3v) is 3.37. The molecule has 1 atom stereocenters. The van der Waals surface area contributed by atoms with Gasteiger partial charge in [-0.2, -0.15) is 0 Å². The Bertz CT molecular complexity index is 240. The Morgan fingerprint density at radius 2 is 2.12 bits per heavy atom. The molecule has 16 heavy (non-hydrogen) atoms. The second-order valence-electron chi connectivity index (χ2n) is 4.90. The summed E-state index contributed by atoms with van der Waals surface area (Å²) in [5, 5.41) is 9.34. The van der Waals surface area contributed by atoms with Crippen molar-refractivity contribution in [2.24, 2.45) is 0 Å². The summed E-state index contributed by atoms with van der Waals surface area (Å²) in [6.45, 7) is 4.33. The van der Waals surface area contributed by atoms with Crippen molar-refractivity contribution in [3.8, 4) is 0 Å². The number of hydrogen-bond donors (Lipinski definition) is 1. The molecule has 0 spiro atoms. The van der Waals surface area contributed by atoms with E-state index in [0.717, 1.165) is 32.2 Å². The van der Waals surface area contributed by atoms with Crippen LogP contribution in [-0.2, 0) is 9.53 Å². The van der Waals surface area contributed by atoms with Crippen molar-refractivity contribution in [1.29, 1.82) is 0 Å². The zero-order chi connectivity index (χ0) is 12.2. The van der Waals surface area contributed by atoms with E-state index in [1.54, 1.807) is 25.9 Å². The van der Waals surface area contributed by atoms with Crippen LogP contribution in [0, 0.1) is 0 Å². The zero-order valence-electron chi connectivity index (χ0n) is 10.5. The highest BCUT2D eigenvalue weighted by Gasteiger charge is 2.35. The molecule has 1 saturated heterocycles. The van der Waals surface area contributed by atoms with Crippen molar-refractivity contribution in [3.05, 3.63) is 0 Å². The second kappa shape index (κ2) is 5.64. The number of carbonyl (C=O) groups is 1. The van der Waals surface area contributed by atoms with Gasteiger partial charge in [-0.1, -0.05) is 12.8 Å². The highest BCUT2D eigenvalue weighted by atomic mass is 16.5. The predicted octanol–water partition coefficient (Wildman–Crippen LogP) is 1.17. The maximum absolute atomic E-state index is 12.3. The monoisotopic (exact) mass is 229 g/mol. The molecule has 1 aliphatic heterocycles. The first kappa shape index (κ1) is 13.5. The SMILES string of the molecule is COC(C)(C)C(=O)N1CCCCCC1CO. The van der Waals surface area contributed by atoms with Gasteiger partial charge in [-0.25, -0.2) is 0 Å². The van der Waals surface area contributed by atoms with Gasteiger partial charge in [-0.15, -0.1) is 0 Å². The molecular weight excluding hydrogens is 206 g/mol. The largest absolute Gasteiger partial charge is 0.394 e. The maximum Gasteiger partial charge on any atom is 0.254 e. The zero-order valence-corrected chi connectivity index (χ0v) is 10.5. The van der Waals surface area contributed by atoms with Gasteiger partial charge in [0, 0.05) is 13.7 Å². The molecule has 1 N–H and O–H groups in total. The van der Waals surface area contributed by atoms with Crippen molar-refractivity contribution < 1.29 is 14.6 Å². The molecule has 0 aromatic carbocycles. The van der Waals surface area contributed by atoms with Crippen LogP contribution in [0.25, 0.3) is 0 Å². The number of amides is 1. The Morgan fingerprint density at radius 3 is 2.69 bits per heavy atom. The van der Waals surface area contributed by atoms with Crippen LogP contribution in [0.2, 0.25) is 0 Å². The standard InChI is InChI=1S/C12H23NO3/c1-12(2,16-3)11(15)13-8-6-4-5-7-10(13)9-14/h10,14H,4-9H2,1-3H3. The number of hydrogen-bond acceptors (Lipinski definition) is 3. The van der Waals surface area contributed by atoms with Gasteiger partial charge in [0.2, 0.25) is 0 Å². The lowest BCUT2D eigenvalue weighted by Crippen LogP contribution is -2.51. The Labute approximate surface area is 97.6 Å². The van der Waals surface area contributed by atoms with Gasteiger partial charge in [0.15, 0.2) is 0 Å². The average molecular weight is 229 g/mol. The van der Waals surface area contributed by atoms with Crippen LogP contribution in [0.1, 0.15) is 39.5 Å². The van der Waals surface area contributed by atoms with Crippen molar-refractivity contribution >= 4 is 5.91 Å². The summed E-state index contributed by atoms with van der Waals surface area (Å²) in [6.07, 6.45) is 4.13. The van der Waals surface area contributed by atoms with Crippen LogP contribution in [0.4, 0.5) is 0 Å². The van der Waals surface area contributed by atoms with E-state index in [9.17, 15) is 9.90 Å². The average Bonchev–Trinajstić information content (AvgIpc) is 2.52. The number of rotatable bonds is 3. The molecule has 0 saturated carbocycles. The van der Waals surface area contributed by atoms with E-state index in [0.29, 0.717) is 0 Å². The molecule has 0 aliphatic carbocycles. The normalized spacial score (nSPS) is 23.0. The first-order chi connectivity index (χ1) is 7.53. The van der Waals surface area contributed by atoms with E-state index in [2.05, 4.69) is 0 Å². The van der Waals surface area contributed by atoms with Gasteiger partial charge in [0.05, 0.1) is 12.6 Å². The van der Waals surface area contributed by atoms with Crippen LogP contribution in [0.15, 0.2) is 0 Å². The summed E-state index contributed by atoms with van der Waals surface area (Å²) in [7, 11) is 1.55. The third kappa shape index (κ3) is 2.95. The van der Waals surface area contributed by atoms with Gasteiger partial charge in [0.1, 0.15) is 5.60 Å². The lowest BCUT2D eigenvalue weighted by atomic mass is 10.1. The van der Waals surface area contributed by atoms with Gasteiger partial charge >= 0.3 is 0 Å². The summed E-state index contributed by atoms with van der Waals surface area (Å²) >= 11 is 0. The topological polar surface area (TPSA) is 49.8 Å². The lowest BCUT2D eigenvalue weighted by Gasteiger charge is -2.34. The molecule has 0 bridgehead atoms. The van der Waals surface area contributed by atoms with Gasteiger partial charge in [-0.3, -0.25) is 4.79 Å². The molecule has 1 heterocycles. The first-order valence-electron chi connectivity index (χ1n) is 6.00. The van der Waals surface area contributed by atoms with Crippen LogP contribution in [0.3, 0.4) is 0 Å². The fourth-order valence-corrected chi connectivity index (χ4v) is 2.07. The van der Waals surface area contributed by atoms with E-state index >= 15 is 0 Å². The molecule has 1 amide bonds. The van der Waals surface area contributed by atoms with E-state index in [-0.39, 0.29) is 18.6 Å². The molecule has 0 radical (unpaired) electrons. The number of aliphatic hydroxyl groups excluding tert-OH is 1. The number of ether oxygens (including phenoxy) is 1. The minimum absolute atomic E-state index is 0.0176. The van der Waals surface area contributed by atoms with Crippen molar-refractivity contribution in [3.63, 3.8) is 0 Å². The van der Waals surface area contributed by atoms with Crippen molar-refractivity contribution in [1.82, 2.24) is 4.90 Å². The summed E-state index contributed by atoms with van der Waals surface area (Å²) < 4.78 is 5.21. The van der Waals surface area contributed by atoms with Crippen LogP contribution in [-0.4, -0.2) is 47.8 Å². The molecule has 1 unspecified atom stereocenters. The Balaban J connectivity index is 2.77. The fourth-order valence-electron chi connectivity index (χ4n) is 2.07. The second-order valence-corrected chi connectivity index (χ2v) is 4.90. The number of methoxy groups -OCH3 is 1.